The highest BCUT2D eigenvalue weighted by molar-refractivity contribution is 9.10. The summed E-state index contributed by atoms with van der Waals surface area (Å²) in [5.41, 5.74) is 2.02. The summed E-state index contributed by atoms with van der Waals surface area (Å²) in [7, 11) is 0. The van der Waals surface area contributed by atoms with E-state index in [0.29, 0.717) is 19.3 Å². The van der Waals surface area contributed by atoms with Gasteiger partial charge >= 0.3 is 6.09 Å². The molecular weight excluding hydrogens is 548 g/mol. The van der Waals surface area contributed by atoms with Gasteiger partial charge in [-0.1, -0.05) is 84.7 Å². The SMILES string of the molecule is C=C(C)CC(CCN(C(=O)O)[C@@H](CC(C)(C)C)c1ccc(Br)cc1)(N[S+]([O-])C(C)(C)C)c1ccccc1. The summed E-state index contributed by atoms with van der Waals surface area (Å²) in [6.07, 6.45) is 0.677. The van der Waals surface area contributed by atoms with Crippen LogP contribution < -0.4 is 4.72 Å². The zero-order chi connectivity index (χ0) is 28.0. The summed E-state index contributed by atoms with van der Waals surface area (Å²) in [6, 6.07) is 17.5. The summed E-state index contributed by atoms with van der Waals surface area (Å²) in [5.74, 6) is 0. The highest BCUT2D eigenvalue weighted by Gasteiger charge is 2.42. The molecule has 0 saturated heterocycles. The van der Waals surface area contributed by atoms with E-state index in [0.717, 1.165) is 21.2 Å². The van der Waals surface area contributed by atoms with E-state index in [-0.39, 0.29) is 18.0 Å². The van der Waals surface area contributed by atoms with E-state index >= 15 is 0 Å². The highest BCUT2D eigenvalue weighted by atomic mass is 79.9. The maximum Gasteiger partial charge on any atom is 0.407 e. The minimum Gasteiger partial charge on any atom is -0.598 e. The fourth-order valence-electron chi connectivity index (χ4n) is 4.45. The number of hydrogen-bond acceptors (Lipinski definition) is 3. The molecule has 0 bridgehead atoms. The maximum absolute atomic E-state index is 13.4. The van der Waals surface area contributed by atoms with Crippen LogP contribution in [-0.4, -0.2) is 31.9 Å². The van der Waals surface area contributed by atoms with Gasteiger partial charge in [0.2, 0.25) is 0 Å². The second kappa shape index (κ2) is 12.8. The van der Waals surface area contributed by atoms with Crippen LogP contribution in [-0.2, 0) is 16.9 Å². The number of hydrogen-bond donors (Lipinski definition) is 2. The Hall–Kier alpha value is -1.80. The van der Waals surface area contributed by atoms with E-state index in [4.69, 9.17) is 0 Å². The van der Waals surface area contributed by atoms with Crippen molar-refractivity contribution in [1.82, 2.24) is 9.62 Å². The van der Waals surface area contributed by atoms with Crippen molar-refractivity contribution in [3.05, 3.63) is 82.3 Å². The largest absolute Gasteiger partial charge is 0.598 e. The van der Waals surface area contributed by atoms with Crippen molar-refractivity contribution in [2.24, 2.45) is 5.41 Å². The number of carbonyl (C=O) groups is 1. The number of halogens is 1. The first-order valence-corrected chi connectivity index (χ1v) is 14.6. The number of rotatable bonds is 11. The normalized spacial score (nSPS) is 15.5. The van der Waals surface area contributed by atoms with Gasteiger partial charge in [-0.2, -0.15) is 0 Å². The number of carboxylic acid groups (broad SMARTS) is 1. The molecule has 204 valence electrons. The molecule has 2 aromatic carbocycles. The molecule has 0 aliphatic carbocycles. The summed E-state index contributed by atoms with van der Waals surface area (Å²) in [6.45, 7) is 18.6. The van der Waals surface area contributed by atoms with Gasteiger partial charge in [0.1, 0.15) is 4.75 Å². The molecule has 0 aliphatic heterocycles. The van der Waals surface area contributed by atoms with Crippen LogP contribution in [0, 0.1) is 5.41 Å². The smallest absolute Gasteiger partial charge is 0.407 e. The Morgan fingerprint density at radius 2 is 1.65 bits per heavy atom. The van der Waals surface area contributed by atoms with Crippen molar-refractivity contribution < 1.29 is 14.5 Å². The quantitative estimate of drug-likeness (QED) is 0.204. The maximum atomic E-state index is 13.4. The lowest BCUT2D eigenvalue weighted by Gasteiger charge is -2.41. The molecule has 0 heterocycles. The second-order valence-corrected chi connectivity index (χ2v) is 15.0. The minimum atomic E-state index is -1.38. The van der Waals surface area contributed by atoms with Gasteiger partial charge in [0.05, 0.1) is 11.6 Å². The van der Waals surface area contributed by atoms with E-state index in [1.807, 2.05) is 82.3 Å². The zero-order valence-corrected chi connectivity index (χ0v) is 25.7. The molecule has 0 aliphatic rings. The van der Waals surface area contributed by atoms with Crippen LogP contribution in [0.5, 0.6) is 0 Å². The van der Waals surface area contributed by atoms with Crippen LogP contribution in [0.2, 0.25) is 0 Å². The third-order valence-corrected chi connectivity index (χ3v) is 8.45. The van der Waals surface area contributed by atoms with Gasteiger partial charge in [-0.3, -0.25) is 0 Å². The Morgan fingerprint density at radius 3 is 2.11 bits per heavy atom. The molecule has 0 radical (unpaired) electrons. The highest BCUT2D eigenvalue weighted by Crippen LogP contribution is 2.38. The van der Waals surface area contributed by atoms with E-state index in [1.165, 1.54) is 0 Å². The van der Waals surface area contributed by atoms with Crippen LogP contribution in [0.15, 0.2) is 71.2 Å². The lowest BCUT2D eigenvalue weighted by Crippen LogP contribution is -2.53. The lowest BCUT2D eigenvalue weighted by atomic mass is 9.81. The first kappa shape index (κ1) is 31.4. The van der Waals surface area contributed by atoms with Gasteiger partial charge in [-0.25, -0.2) is 4.79 Å². The van der Waals surface area contributed by atoms with Crippen molar-refractivity contribution in [2.45, 2.75) is 84.1 Å². The standard InChI is InChI=1S/C30H43BrN2O3S/c1-22(2)20-30(24-12-10-9-11-13-24,32-37(36)29(6,7)8)18-19-33(27(34)35)26(21-28(3,4)5)23-14-16-25(31)17-15-23/h9-17,26,32H,1,18-21H2,2-8H3,(H,34,35)/t26-,30?,37?/m0/s1. The van der Waals surface area contributed by atoms with Crippen LogP contribution >= 0.6 is 15.9 Å². The van der Waals surface area contributed by atoms with Gasteiger partial charge < -0.3 is 14.6 Å². The average Bonchev–Trinajstić information content (AvgIpc) is 2.77. The Kier molecular flexibility index (Phi) is 10.9. The van der Waals surface area contributed by atoms with Crippen LogP contribution in [0.25, 0.3) is 0 Å². The Balaban J connectivity index is 2.55. The number of nitrogens with one attached hydrogen (secondary N) is 1. The van der Waals surface area contributed by atoms with E-state index in [9.17, 15) is 14.5 Å². The monoisotopic (exact) mass is 590 g/mol. The van der Waals surface area contributed by atoms with Gasteiger partial charge in [-0.15, -0.1) is 11.3 Å². The van der Waals surface area contributed by atoms with Crippen molar-refractivity contribution in [1.29, 1.82) is 0 Å². The predicted octanol–water partition coefficient (Wildman–Crippen LogP) is 8.21. The van der Waals surface area contributed by atoms with Gasteiger partial charge in [0.25, 0.3) is 0 Å². The van der Waals surface area contributed by atoms with Crippen molar-refractivity contribution in [2.75, 3.05) is 6.54 Å². The van der Waals surface area contributed by atoms with Crippen molar-refractivity contribution >= 4 is 33.4 Å². The third-order valence-electron chi connectivity index (χ3n) is 6.24. The molecule has 37 heavy (non-hydrogen) atoms. The molecule has 3 atom stereocenters. The van der Waals surface area contributed by atoms with E-state index in [2.05, 4.69) is 48.0 Å². The number of benzene rings is 2. The Bertz CT molecular complexity index is 1030. The summed E-state index contributed by atoms with van der Waals surface area (Å²) in [5, 5.41) is 10.4. The fraction of sp³-hybridized carbons (Fsp3) is 0.500. The number of nitrogens with zero attached hydrogens (tertiary/aromatic N) is 1. The molecule has 0 spiro atoms. The molecular formula is C30H43BrN2O3S. The molecule has 2 aromatic rings. The Morgan fingerprint density at radius 1 is 1.08 bits per heavy atom. The molecule has 1 amide bonds. The number of amides is 1. The third kappa shape index (κ3) is 9.47. The minimum absolute atomic E-state index is 0.0916. The lowest BCUT2D eigenvalue weighted by molar-refractivity contribution is 0.102. The molecule has 5 nitrogen and oxygen atoms in total. The summed E-state index contributed by atoms with van der Waals surface area (Å²) in [4.78, 5) is 14.3. The van der Waals surface area contributed by atoms with Crippen molar-refractivity contribution in [3.63, 3.8) is 0 Å². The van der Waals surface area contributed by atoms with Gasteiger partial charge in [-0.05, 0) is 75.6 Å². The second-order valence-electron chi connectivity index (χ2n) is 12.1. The first-order valence-electron chi connectivity index (χ1n) is 12.7. The molecule has 0 saturated carbocycles. The summed E-state index contributed by atoms with van der Waals surface area (Å²) >= 11 is 2.11. The van der Waals surface area contributed by atoms with Gasteiger partial charge in [0, 0.05) is 22.4 Å². The fourth-order valence-corrected chi connectivity index (χ4v) is 5.67. The molecule has 2 rings (SSSR count). The van der Waals surface area contributed by atoms with Gasteiger partial charge in [0.15, 0.2) is 0 Å². The Labute approximate surface area is 235 Å². The molecule has 2 N–H and O–H groups in total. The molecule has 2 unspecified atom stereocenters. The zero-order valence-electron chi connectivity index (χ0n) is 23.3. The predicted molar refractivity (Wildman–Crippen MR) is 159 cm³/mol. The molecule has 7 heteroatoms. The summed E-state index contributed by atoms with van der Waals surface area (Å²) < 4.78 is 17.3. The van der Waals surface area contributed by atoms with Crippen LogP contribution in [0.1, 0.15) is 84.9 Å². The van der Waals surface area contributed by atoms with Crippen LogP contribution in [0.4, 0.5) is 4.79 Å². The van der Waals surface area contributed by atoms with E-state index in [1.54, 1.807) is 4.90 Å². The van der Waals surface area contributed by atoms with Crippen molar-refractivity contribution in [3.8, 4) is 0 Å². The average molecular weight is 592 g/mol. The molecule has 0 fully saturated rings. The first-order chi connectivity index (χ1) is 17.0. The van der Waals surface area contributed by atoms with E-state index < -0.39 is 27.7 Å². The topological polar surface area (TPSA) is 75.6 Å². The molecule has 0 aromatic heterocycles. The van der Waals surface area contributed by atoms with Crippen LogP contribution in [0.3, 0.4) is 0 Å².